The smallest absolute Gasteiger partial charge is 0.335 e. The highest BCUT2D eigenvalue weighted by Crippen LogP contribution is 2.27. The number of anilines is 1. The number of amides is 2. The number of carboxylic acid groups (broad SMARTS) is 1. The first-order valence-electron chi connectivity index (χ1n) is 5.07. The largest absolute Gasteiger partial charge is 0.478 e. The summed E-state index contributed by atoms with van der Waals surface area (Å²) in [6, 6.07) is 6.08. The van der Waals surface area contributed by atoms with Crippen molar-refractivity contribution in [2.24, 2.45) is 0 Å². The van der Waals surface area contributed by atoms with Crippen LogP contribution in [0.4, 0.5) is 10.5 Å². The molecule has 7 heteroatoms. The van der Waals surface area contributed by atoms with Crippen molar-refractivity contribution in [3.05, 3.63) is 29.8 Å². The highest BCUT2D eigenvalue weighted by atomic mass is 32.2. The van der Waals surface area contributed by atoms with Gasteiger partial charge in [0, 0.05) is 12.7 Å². The van der Waals surface area contributed by atoms with Gasteiger partial charge in [0.25, 0.3) is 11.1 Å². The minimum absolute atomic E-state index is 0.120. The summed E-state index contributed by atoms with van der Waals surface area (Å²) in [5.74, 6) is -1.39. The fraction of sp³-hybridized carbons (Fsp3) is 0.182. The van der Waals surface area contributed by atoms with Gasteiger partial charge in [-0.1, -0.05) is 6.07 Å². The van der Waals surface area contributed by atoms with E-state index in [0.29, 0.717) is 5.69 Å². The van der Waals surface area contributed by atoms with Crippen LogP contribution < -0.4 is 5.32 Å². The minimum Gasteiger partial charge on any atom is -0.478 e. The number of aromatic carboxylic acids is 1. The fourth-order valence-electron chi connectivity index (χ4n) is 1.48. The van der Waals surface area contributed by atoms with Crippen LogP contribution in [0.25, 0.3) is 0 Å². The topological polar surface area (TPSA) is 86.7 Å². The van der Waals surface area contributed by atoms with Gasteiger partial charge in [-0.25, -0.2) is 4.79 Å². The van der Waals surface area contributed by atoms with Crippen molar-refractivity contribution in [2.45, 2.75) is 5.37 Å². The SMILES string of the molecule is CN1C(=O)S[C@H](Nc2cccc(C(=O)O)c2)C1=O. The summed E-state index contributed by atoms with van der Waals surface area (Å²) in [5.41, 5.74) is 0.610. The first-order chi connectivity index (χ1) is 8.49. The molecule has 1 aliphatic heterocycles. The van der Waals surface area contributed by atoms with Gasteiger partial charge in [0.05, 0.1) is 5.56 Å². The molecule has 2 amide bonds. The van der Waals surface area contributed by atoms with Crippen LogP contribution in [0, 0.1) is 0 Å². The van der Waals surface area contributed by atoms with Gasteiger partial charge in [0.15, 0.2) is 5.37 Å². The number of thioether (sulfide) groups is 1. The summed E-state index contributed by atoms with van der Waals surface area (Å²) in [5, 5.41) is 10.6. The molecule has 2 rings (SSSR count). The van der Waals surface area contributed by atoms with Gasteiger partial charge in [-0.15, -0.1) is 0 Å². The molecule has 0 saturated carbocycles. The Balaban J connectivity index is 2.15. The molecule has 0 radical (unpaired) electrons. The second-order valence-electron chi connectivity index (χ2n) is 3.69. The molecule has 1 aromatic carbocycles. The Labute approximate surface area is 107 Å². The van der Waals surface area contributed by atoms with E-state index in [0.717, 1.165) is 16.7 Å². The van der Waals surface area contributed by atoms with E-state index in [1.54, 1.807) is 12.1 Å². The fourth-order valence-corrected chi connectivity index (χ4v) is 2.38. The Hall–Kier alpha value is -2.02. The summed E-state index contributed by atoms with van der Waals surface area (Å²) < 4.78 is 0. The molecule has 0 unspecified atom stereocenters. The van der Waals surface area contributed by atoms with E-state index in [1.807, 2.05) is 0 Å². The Bertz CT molecular complexity index is 532. The summed E-state index contributed by atoms with van der Waals surface area (Å²) in [6.07, 6.45) is 0. The number of hydrogen-bond donors (Lipinski definition) is 2. The lowest BCUT2D eigenvalue weighted by atomic mass is 10.2. The maximum absolute atomic E-state index is 11.6. The molecule has 1 aromatic rings. The van der Waals surface area contributed by atoms with Gasteiger partial charge < -0.3 is 10.4 Å². The van der Waals surface area contributed by atoms with Gasteiger partial charge in [0.2, 0.25) is 0 Å². The average molecular weight is 266 g/mol. The van der Waals surface area contributed by atoms with E-state index in [4.69, 9.17) is 5.11 Å². The van der Waals surface area contributed by atoms with Crippen molar-refractivity contribution in [3.8, 4) is 0 Å². The number of imide groups is 1. The molecule has 18 heavy (non-hydrogen) atoms. The molecule has 0 bridgehead atoms. The molecule has 1 saturated heterocycles. The standard InChI is InChI=1S/C11H10N2O4S/c1-13-9(14)8(18-11(13)17)12-7-4-2-3-6(5-7)10(15)16/h2-5,8,12H,1H3,(H,15,16)/t8-/m0/s1. The number of carboxylic acids is 1. The van der Waals surface area contributed by atoms with Crippen molar-refractivity contribution in [2.75, 3.05) is 12.4 Å². The third-order valence-corrected chi connectivity index (χ3v) is 3.49. The highest BCUT2D eigenvalue weighted by Gasteiger charge is 2.37. The molecule has 94 valence electrons. The first-order valence-corrected chi connectivity index (χ1v) is 5.95. The normalized spacial score (nSPS) is 19.2. The molecule has 0 spiro atoms. The number of hydrogen-bond acceptors (Lipinski definition) is 5. The Morgan fingerprint density at radius 1 is 1.44 bits per heavy atom. The van der Waals surface area contributed by atoms with Crippen LogP contribution in [0.3, 0.4) is 0 Å². The lowest BCUT2D eigenvalue weighted by Crippen LogP contribution is -2.31. The average Bonchev–Trinajstić information content (AvgIpc) is 2.57. The van der Waals surface area contributed by atoms with Gasteiger partial charge in [-0.2, -0.15) is 0 Å². The number of benzene rings is 1. The van der Waals surface area contributed by atoms with Gasteiger partial charge >= 0.3 is 5.97 Å². The summed E-state index contributed by atoms with van der Waals surface area (Å²) >= 11 is 0.870. The Morgan fingerprint density at radius 3 is 2.72 bits per heavy atom. The summed E-state index contributed by atoms with van der Waals surface area (Å²) in [7, 11) is 1.41. The van der Waals surface area contributed by atoms with Crippen molar-refractivity contribution in [1.82, 2.24) is 4.90 Å². The van der Waals surface area contributed by atoms with Crippen molar-refractivity contribution >= 4 is 34.6 Å². The number of nitrogens with one attached hydrogen (secondary N) is 1. The second-order valence-corrected chi connectivity index (χ2v) is 4.75. The van der Waals surface area contributed by atoms with Crippen LogP contribution in [0.2, 0.25) is 0 Å². The first kappa shape index (κ1) is 12.4. The van der Waals surface area contributed by atoms with E-state index < -0.39 is 11.3 Å². The zero-order valence-electron chi connectivity index (χ0n) is 9.41. The molecule has 1 aliphatic rings. The van der Waals surface area contributed by atoms with Crippen molar-refractivity contribution < 1.29 is 19.5 Å². The maximum Gasteiger partial charge on any atom is 0.335 e. The zero-order chi connectivity index (χ0) is 13.3. The second kappa shape index (κ2) is 4.69. The number of carbonyl (C=O) groups is 3. The van der Waals surface area contributed by atoms with Gasteiger partial charge in [-0.05, 0) is 30.0 Å². The van der Waals surface area contributed by atoms with Crippen LogP contribution in [-0.4, -0.2) is 39.5 Å². The highest BCUT2D eigenvalue weighted by molar-refractivity contribution is 8.15. The van der Waals surface area contributed by atoms with Crippen LogP contribution >= 0.6 is 11.8 Å². The third-order valence-electron chi connectivity index (χ3n) is 2.45. The maximum atomic E-state index is 11.6. The quantitative estimate of drug-likeness (QED) is 0.861. The van der Waals surface area contributed by atoms with Crippen LogP contribution in [0.15, 0.2) is 24.3 Å². The molecular weight excluding hydrogens is 256 g/mol. The van der Waals surface area contributed by atoms with Gasteiger partial charge in [0.1, 0.15) is 0 Å². The Morgan fingerprint density at radius 2 is 2.17 bits per heavy atom. The molecule has 1 fully saturated rings. The molecule has 1 heterocycles. The summed E-state index contributed by atoms with van der Waals surface area (Å²) in [4.78, 5) is 34.8. The lowest BCUT2D eigenvalue weighted by Gasteiger charge is -2.11. The summed E-state index contributed by atoms with van der Waals surface area (Å²) in [6.45, 7) is 0. The minimum atomic E-state index is -1.04. The van der Waals surface area contributed by atoms with E-state index in [1.165, 1.54) is 19.2 Å². The molecule has 6 nitrogen and oxygen atoms in total. The Kier molecular flexibility index (Phi) is 3.24. The predicted octanol–water partition coefficient (Wildman–Crippen LogP) is 1.45. The van der Waals surface area contributed by atoms with Crippen LogP contribution in [-0.2, 0) is 4.79 Å². The van der Waals surface area contributed by atoms with Crippen molar-refractivity contribution in [1.29, 1.82) is 0 Å². The monoisotopic (exact) mass is 266 g/mol. The molecule has 0 aliphatic carbocycles. The van der Waals surface area contributed by atoms with Crippen LogP contribution in [0.1, 0.15) is 10.4 Å². The molecule has 0 aromatic heterocycles. The predicted molar refractivity (Wildman–Crippen MR) is 66.6 cm³/mol. The number of rotatable bonds is 3. The van der Waals surface area contributed by atoms with Crippen molar-refractivity contribution in [3.63, 3.8) is 0 Å². The lowest BCUT2D eigenvalue weighted by molar-refractivity contribution is -0.125. The zero-order valence-corrected chi connectivity index (χ0v) is 10.2. The van der Waals surface area contributed by atoms with Gasteiger partial charge in [-0.3, -0.25) is 14.5 Å². The number of likely N-dealkylation sites (N-methyl/N-ethyl adjacent to an activating group) is 1. The number of carbonyl (C=O) groups excluding carboxylic acids is 2. The number of nitrogens with zero attached hydrogens (tertiary/aromatic N) is 1. The van der Waals surface area contributed by atoms with E-state index in [9.17, 15) is 14.4 Å². The molecule has 1 atom stereocenters. The molecular formula is C11H10N2O4S. The van der Waals surface area contributed by atoms with E-state index in [2.05, 4.69) is 5.32 Å². The third kappa shape index (κ3) is 2.30. The van der Waals surface area contributed by atoms with Crippen LogP contribution in [0.5, 0.6) is 0 Å². The molecule has 2 N–H and O–H groups in total. The van der Waals surface area contributed by atoms with E-state index in [-0.39, 0.29) is 16.7 Å². The van der Waals surface area contributed by atoms with E-state index >= 15 is 0 Å².